The highest BCUT2D eigenvalue weighted by atomic mass is 16.3. The Kier molecular flexibility index (Phi) is 3.37. The van der Waals surface area contributed by atoms with Crippen molar-refractivity contribution in [3.63, 3.8) is 0 Å². The van der Waals surface area contributed by atoms with Gasteiger partial charge in [0, 0.05) is 0 Å². The molecule has 0 bridgehead atoms. The van der Waals surface area contributed by atoms with Gasteiger partial charge in [0.25, 0.3) is 0 Å². The molecule has 0 unspecified atom stereocenters. The molecule has 1 N–H and O–H groups in total. The zero-order valence-electron chi connectivity index (χ0n) is 11.6. The number of benzene rings is 1. The summed E-state index contributed by atoms with van der Waals surface area (Å²) in [5.41, 5.74) is 2.47. The molecule has 0 fully saturated rings. The first kappa shape index (κ1) is 13.8. The molecule has 0 aliphatic carbocycles. The summed E-state index contributed by atoms with van der Waals surface area (Å²) < 4.78 is 0. The van der Waals surface area contributed by atoms with Crippen molar-refractivity contribution in [1.29, 1.82) is 0 Å². The highest BCUT2D eigenvalue weighted by molar-refractivity contribution is 5.80. The maximum atomic E-state index is 10.9. The van der Waals surface area contributed by atoms with Crippen LogP contribution in [0.2, 0.25) is 0 Å². The molecule has 1 aromatic carbocycles. The molecule has 0 saturated carbocycles. The Bertz CT molecular complexity index is 431. The van der Waals surface area contributed by atoms with E-state index in [4.69, 9.17) is 0 Å². The van der Waals surface area contributed by atoms with Gasteiger partial charge in [0.05, 0.1) is 5.56 Å². The van der Waals surface area contributed by atoms with Gasteiger partial charge in [-0.2, -0.15) is 0 Å². The number of aromatic hydroxyl groups is 1. The van der Waals surface area contributed by atoms with Crippen LogP contribution >= 0.6 is 0 Å². The van der Waals surface area contributed by atoms with Gasteiger partial charge < -0.3 is 5.11 Å². The molecule has 1 rings (SSSR count). The summed E-state index contributed by atoms with van der Waals surface area (Å²) in [5, 5.41) is 9.81. The van der Waals surface area contributed by atoms with Gasteiger partial charge in [-0.05, 0) is 34.1 Å². The van der Waals surface area contributed by atoms with Crippen LogP contribution < -0.4 is 0 Å². The van der Waals surface area contributed by atoms with Crippen LogP contribution in [0.25, 0.3) is 0 Å². The largest absolute Gasteiger partial charge is 0.507 e. The van der Waals surface area contributed by atoms with Crippen molar-refractivity contribution in [3.8, 4) is 5.75 Å². The summed E-state index contributed by atoms with van der Waals surface area (Å²) >= 11 is 0. The van der Waals surface area contributed by atoms with Gasteiger partial charge in [0.1, 0.15) is 5.75 Å². The fourth-order valence-electron chi connectivity index (χ4n) is 1.94. The minimum Gasteiger partial charge on any atom is -0.507 e. The molecule has 0 heterocycles. The lowest BCUT2D eigenvalue weighted by Gasteiger charge is -2.30. The molecule has 0 aromatic heterocycles. The van der Waals surface area contributed by atoms with Crippen LogP contribution in [0, 0.1) is 0 Å². The summed E-state index contributed by atoms with van der Waals surface area (Å²) in [7, 11) is 0. The molecule has 0 aliphatic rings. The Balaban J connectivity index is 3.59. The highest BCUT2D eigenvalue weighted by Crippen LogP contribution is 2.37. The normalized spacial score (nSPS) is 12.6. The van der Waals surface area contributed by atoms with Gasteiger partial charge >= 0.3 is 0 Å². The minimum atomic E-state index is -0.0541. The number of hydrogen-bond donors (Lipinski definition) is 1. The molecule has 0 amide bonds. The summed E-state index contributed by atoms with van der Waals surface area (Å²) in [6, 6.07) is 3.53. The van der Waals surface area contributed by atoms with Crippen LogP contribution in [-0.4, -0.2) is 11.4 Å². The standard InChI is InChI=1S/C15H22O2/c1-14(2,3)11-7-10(9-16)13(17)8-12(11)15(4,5)6/h7-9,17H,1-6H3. The summed E-state index contributed by atoms with van der Waals surface area (Å²) in [4.78, 5) is 10.9. The van der Waals surface area contributed by atoms with E-state index < -0.39 is 0 Å². The molecule has 17 heavy (non-hydrogen) atoms. The first-order valence-corrected chi connectivity index (χ1v) is 5.90. The van der Waals surface area contributed by atoms with Crippen molar-refractivity contribution in [2.45, 2.75) is 52.4 Å². The topological polar surface area (TPSA) is 37.3 Å². The van der Waals surface area contributed by atoms with Crippen molar-refractivity contribution < 1.29 is 9.90 Å². The fraction of sp³-hybridized carbons (Fsp3) is 0.533. The van der Waals surface area contributed by atoms with E-state index in [1.165, 1.54) is 0 Å². The van der Waals surface area contributed by atoms with E-state index >= 15 is 0 Å². The van der Waals surface area contributed by atoms with E-state index in [-0.39, 0.29) is 16.6 Å². The van der Waals surface area contributed by atoms with E-state index in [9.17, 15) is 9.90 Å². The van der Waals surface area contributed by atoms with E-state index in [1.54, 1.807) is 6.07 Å². The second kappa shape index (κ2) is 4.17. The average Bonchev–Trinajstić information content (AvgIpc) is 2.14. The SMILES string of the molecule is CC(C)(C)c1cc(O)c(C=O)cc1C(C)(C)C. The lowest BCUT2D eigenvalue weighted by molar-refractivity contribution is 0.112. The maximum Gasteiger partial charge on any atom is 0.153 e. The smallest absolute Gasteiger partial charge is 0.153 e. The quantitative estimate of drug-likeness (QED) is 0.750. The number of rotatable bonds is 1. The zero-order chi connectivity index (χ0) is 13.4. The van der Waals surface area contributed by atoms with Crippen LogP contribution in [0.4, 0.5) is 0 Å². The predicted octanol–water partition coefficient (Wildman–Crippen LogP) is 3.80. The number of aldehydes is 1. The van der Waals surface area contributed by atoms with Crippen LogP contribution in [0.15, 0.2) is 12.1 Å². The van der Waals surface area contributed by atoms with Crippen molar-refractivity contribution in [3.05, 3.63) is 28.8 Å². The summed E-state index contributed by atoms with van der Waals surface area (Å²) in [5.74, 6) is 0.0675. The zero-order valence-corrected chi connectivity index (χ0v) is 11.6. The van der Waals surface area contributed by atoms with Crippen LogP contribution in [0.3, 0.4) is 0 Å². The second-order valence-corrected chi connectivity index (χ2v) is 6.57. The van der Waals surface area contributed by atoms with Crippen molar-refractivity contribution >= 4 is 6.29 Å². The summed E-state index contributed by atoms with van der Waals surface area (Å²) in [6.45, 7) is 12.7. The third-order valence-corrected chi connectivity index (χ3v) is 2.91. The fourth-order valence-corrected chi connectivity index (χ4v) is 1.94. The van der Waals surface area contributed by atoms with Crippen LogP contribution in [0.5, 0.6) is 5.75 Å². The first-order valence-electron chi connectivity index (χ1n) is 5.90. The van der Waals surface area contributed by atoms with Gasteiger partial charge in [-0.1, -0.05) is 41.5 Å². The van der Waals surface area contributed by atoms with E-state index in [1.807, 2.05) is 6.07 Å². The lowest BCUT2D eigenvalue weighted by atomic mass is 9.74. The molecule has 0 aliphatic heterocycles. The van der Waals surface area contributed by atoms with Crippen molar-refractivity contribution in [1.82, 2.24) is 0 Å². The Morgan fingerprint density at radius 3 is 1.71 bits per heavy atom. The maximum absolute atomic E-state index is 10.9. The van der Waals surface area contributed by atoms with Gasteiger partial charge in [-0.3, -0.25) is 4.79 Å². The number of carbonyl (C=O) groups excluding carboxylic acids is 1. The third kappa shape index (κ3) is 2.87. The Hall–Kier alpha value is -1.31. The third-order valence-electron chi connectivity index (χ3n) is 2.91. The van der Waals surface area contributed by atoms with E-state index in [0.717, 1.165) is 11.1 Å². The van der Waals surface area contributed by atoms with E-state index in [2.05, 4.69) is 41.5 Å². The van der Waals surface area contributed by atoms with Crippen LogP contribution in [-0.2, 0) is 10.8 Å². The lowest BCUT2D eigenvalue weighted by Crippen LogP contribution is -2.22. The number of phenolic OH excluding ortho intramolecular Hbond substituents is 1. The van der Waals surface area contributed by atoms with Gasteiger partial charge in [0.15, 0.2) is 6.29 Å². The highest BCUT2D eigenvalue weighted by Gasteiger charge is 2.26. The Morgan fingerprint density at radius 2 is 1.35 bits per heavy atom. The monoisotopic (exact) mass is 234 g/mol. The first-order chi connectivity index (χ1) is 7.57. The second-order valence-electron chi connectivity index (χ2n) is 6.57. The Labute approximate surface area is 104 Å². The molecule has 0 saturated heterocycles. The summed E-state index contributed by atoms with van der Waals surface area (Å²) in [6.07, 6.45) is 0.705. The van der Waals surface area contributed by atoms with Gasteiger partial charge in [-0.15, -0.1) is 0 Å². The van der Waals surface area contributed by atoms with Gasteiger partial charge in [-0.25, -0.2) is 0 Å². The Morgan fingerprint density at radius 1 is 0.941 bits per heavy atom. The average molecular weight is 234 g/mol. The predicted molar refractivity (Wildman–Crippen MR) is 70.9 cm³/mol. The minimum absolute atomic E-state index is 0.0475. The molecule has 0 spiro atoms. The van der Waals surface area contributed by atoms with Crippen LogP contribution in [0.1, 0.15) is 63.0 Å². The number of phenols is 1. The number of hydrogen-bond acceptors (Lipinski definition) is 2. The molecule has 0 radical (unpaired) electrons. The van der Waals surface area contributed by atoms with Crippen molar-refractivity contribution in [2.75, 3.05) is 0 Å². The van der Waals surface area contributed by atoms with Crippen molar-refractivity contribution in [2.24, 2.45) is 0 Å². The van der Waals surface area contributed by atoms with E-state index in [0.29, 0.717) is 11.8 Å². The van der Waals surface area contributed by atoms with Gasteiger partial charge in [0.2, 0.25) is 0 Å². The number of carbonyl (C=O) groups is 1. The molecule has 0 atom stereocenters. The molecular formula is C15H22O2. The molecule has 2 nitrogen and oxygen atoms in total. The molecule has 1 aromatic rings. The molecule has 94 valence electrons. The molecule has 2 heteroatoms. The molecular weight excluding hydrogens is 212 g/mol.